The van der Waals surface area contributed by atoms with Gasteiger partial charge in [0.05, 0.1) is 13.1 Å². The summed E-state index contributed by atoms with van der Waals surface area (Å²) >= 11 is 0. The molecule has 0 radical (unpaired) electrons. The van der Waals surface area contributed by atoms with Crippen LogP contribution in [0.4, 0.5) is 20.2 Å². The van der Waals surface area contributed by atoms with E-state index in [1.165, 1.54) is 24.3 Å². The molecule has 31 heavy (non-hydrogen) atoms. The summed E-state index contributed by atoms with van der Waals surface area (Å²) in [6, 6.07) is 12.3. The van der Waals surface area contributed by atoms with Gasteiger partial charge in [0.25, 0.3) is 0 Å². The summed E-state index contributed by atoms with van der Waals surface area (Å²) in [6.07, 6.45) is 2.99. The van der Waals surface area contributed by atoms with Gasteiger partial charge in [0.2, 0.25) is 11.8 Å². The van der Waals surface area contributed by atoms with Gasteiger partial charge in [-0.1, -0.05) is 12.1 Å². The zero-order chi connectivity index (χ0) is 21.8. The lowest BCUT2D eigenvalue weighted by Gasteiger charge is -2.28. The molecule has 1 aliphatic carbocycles. The Hall–Kier alpha value is -2.84. The minimum absolute atomic E-state index is 0.167. The van der Waals surface area contributed by atoms with Crippen LogP contribution < -0.4 is 10.6 Å². The van der Waals surface area contributed by atoms with Crippen molar-refractivity contribution in [2.75, 3.05) is 36.8 Å². The second kappa shape index (κ2) is 9.53. The molecule has 6 nitrogen and oxygen atoms in total. The van der Waals surface area contributed by atoms with Crippen LogP contribution in [-0.4, -0.2) is 59.9 Å². The fraction of sp³-hybridized carbons (Fsp3) is 0.391. The lowest BCUT2D eigenvalue weighted by molar-refractivity contribution is -0.119. The Balaban J connectivity index is 1.29. The van der Waals surface area contributed by atoms with Crippen LogP contribution in [0.1, 0.15) is 19.3 Å². The minimum atomic E-state index is -0.393. The first kappa shape index (κ1) is 21.4. The number of likely N-dealkylation sites (tertiary alicyclic amines) is 1. The standard InChI is InChI=1S/C23H26F2N4O2/c24-16-3-1-5-18(11-16)26-22(30)14-28-10-9-21(13-28)29(20-7-8-20)15-23(31)27-19-6-2-4-17(25)12-19/h1-6,11-12,20-21H,7-10,13-15H2,(H,26,30)(H,27,31)/t21-/m1/s1. The average molecular weight is 428 g/mol. The molecule has 2 aromatic carbocycles. The van der Waals surface area contributed by atoms with Crippen molar-refractivity contribution >= 4 is 23.2 Å². The van der Waals surface area contributed by atoms with E-state index in [0.29, 0.717) is 24.0 Å². The summed E-state index contributed by atoms with van der Waals surface area (Å²) in [6.45, 7) is 1.92. The second-order valence-corrected chi connectivity index (χ2v) is 8.20. The van der Waals surface area contributed by atoms with Gasteiger partial charge in [-0.15, -0.1) is 0 Å². The quantitative estimate of drug-likeness (QED) is 0.678. The molecule has 1 saturated heterocycles. The zero-order valence-corrected chi connectivity index (χ0v) is 17.2. The molecule has 1 aliphatic heterocycles. The number of hydrogen-bond acceptors (Lipinski definition) is 4. The Kier molecular flexibility index (Phi) is 6.58. The number of hydrogen-bond donors (Lipinski definition) is 2. The summed E-state index contributed by atoms with van der Waals surface area (Å²) in [4.78, 5) is 29.1. The third-order valence-electron chi connectivity index (χ3n) is 5.64. The van der Waals surface area contributed by atoms with E-state index in [4.69, 9.17) is 0 Å². The van der Waals surface area contributed by atoms with Gasteiger partial charge in [-0.2, -0.15) is 0 Å². The number of benzene rings is 2. The number of amides is 2. The van der Waals surface area contributed by atoms with E-state index in [1.54, 1.807) is 24.3 Å². The van der Waals surface area contributed by atoms with Gasteiger partial charge >= 0.3 is 0 Å². The van der Waals surface area contributed by atoms with Crippen LogP contribution in [0.15, 0.2) is 48.5 Å². The Bertz CT molecular complexity index is 951. The van der Waals surface area contributed by atoms with E-state index in [2.05, 4.69) is 20.4 Å². The number of rotatable bonds is 8. The summed E-state index contributed by atoms with van der Waals surface area (Å²) in [5.41, 5.74) is 0.886. The highest BCUT2D eigenvalue weighted by molar-refractivity contribution is 5.92. The number of carbonyl (C=O) groups excluding carboxylic acids is 2. The van der Waals surface area contributed by atoms with Crippen molar-refractivity contribution in [3.8, 4) is 0 Å². The molecule has 2 aromatic rings. The molecule has 4 rings (SSSR count). The maximum atomic E-state index is 13.4. The highest BCUT2D eigenvalue weighted by Crippen LogP contribution is 2.31. The molecule has 0 bridgehead atoms. The number of halogens is 2. The lowest BCUT2D eigenvalue weighted by atomic mass is 10.2. The van der Waals surface area contributed by atoms with Crippen molar-refractivity contribution in [2.45, 2.75) is 31.3 Å². The molecule has 0 unspecified atom stereocenters. The molecule has 2 aliphatic rings. The lowest BCUT2D eigenvalue weighted by Crippen LogP contribution is -2.44. The molecule has 2 N–H and O–H groups in total. The fourth-order valence-electron chi connectivity index (χ4n) is 4.09. The zero-order valence-electron chi connectivity index (χ0n) is 17.2. The highest BCUT2D eigenvalue weighted by atomic mass is 19.1. The van der Waals surface area contributed by atoms with Gasteiger partial charge < -0.3 is 10.6 Å². The molecule has 1 saturated carbocycles. The normalized spacial score (nSPS) is 18.9. The first-order valence-corrected chi connectivity index (χ1v) is 10.6. The van der Waals surface area contributed by atoms with Crippen molar-refractivity contribution in [3.63, 3.8) is 0 Å². The van der Waals surface area contributed by atoms with E-state index >= 15 is 0 Å². The maximum absolute atomic E-state index is 13.4. The van der Waals surface area contributed by atoms with Gasteiger partial charge in [-0.25, -0.2) is 8.78 Å². The summed E-state index contributed by atoms with van der Waals surface area (Å²) in [5.74, 6) is -1.14. The molecular formula is C23H26F2N4O2. The third kappa shape index (κ3) is 6.08. The van der Waals surface area contributed by atoms with Crippen LogP contribution in [0.5, 0.6) is 0 Å². The largest absolute Gasteiger partial charge is 0.325 e. The van der Waals surface area contributed by atoms with Gasteiger partial charge in [0, 0.05) is 36.5 Å². The van der Waals surface area contributed by atoms with Crippen LogP contribution >= 0.6 is 0 Å². The molecular weight excluding hydrogens is 402 g/mol. The molecule has 164 valence electrons. The Morgan fingerprint density at radius 3 is 2.10 bits per heavy atom. The van der Waals surface area contributed by atoms with E-state index in [9.17, 15) is 18.4 Å². The van der Waals surface area contributed by atoms with Crippen molar-refractivity contribution < 1.29 is 18.4 Å². The molecule has 0 spiro atoms. The summed E-state index contributed by atoms with van der Waals surface area (Å²) in [7, 11) is 0. The van der Waals surface area contributed by atoms with Gasteiger partial charge in [0.15, 0.2) is 0 Å². The number of carbonyl (C=O) groups is 2. The van der Waals surface area contributed by atoms with Crippen molar-refractivity contribution in [1.29, 1.82) is 0 Å². The molecule has 1 heterocycles. The van der Waals surface area contributed by atoms with E-state index in [0.717, 1.165) is 25.8 Å². The summed E-state index contributed by atoms with van der Waals surface area (Å²) < 4.78 is 26.6. The summed E-state index contributed by atoms with van der Waals surface area (Å²) in [5, 5.41) is 5.49. The fourth-order valence-corrected chi connectivity index (χ4v) is 4.09. The predicted octanol–water partition coefficient (Wildman–Crippen LogP) is 3.08. The van der Waals surface area contributed by atoms with E-state index in [-0.39, 0.29) is 36.8 Å². The van der Waals surface area contributed by atoms with Crippen molar-refractivity contribution in [3.05, 3.63) is 60.2 Å². The third-order valence-corrected chi connectivity index (χ3v) is 5.64. The Morgan fingerprint density at radius 2 is 1.52 bits per heavy atom. The van der Waals surface area contributed by atoms with Crippen molar-refractivity contribution in [1.82, 2.24) is 9.80 Å². The second-order valence-electron chi connectivity index (χ2n) is 8.20. The molecule has 1 atom stereocenters. The van der Waals surface area contributed by atoms with Crippen LogP contribution in [0.3, 0.4) is 0 Å². The monoisotopic (exact) mass is 428 g/mol. The van der Waals surface area contributed by atoms with Gasteiger partial charge in [-0.3, -0.25) is 19.4 Å². The molecule has 2 fully saturated rings. The number of nitrogens with zero attached hydrogens (tertiary/aromatic N) is 2. The van der Waals surface area contributed by atoms with Crippen LogP contribution in [0.2, 0.25) is 0 Å². The average Bonchev–Trinajstić information content (AvgIpc) is 3.45. The van der Waals surface area contributed by atoms with Crippen LogP contribution in [0, 0.1) is 11.6 Å². The Morgan fingerprint density at radius 1 is 0.903 bits per heavy atom. The Labute approximate surface area is 180 Å². The number of nitrogens with one attached hydrogen (secondary N) is 2. The predicted molar refractivity (Wildman–Crippen MR) is 115 cm³/mol. The van der Waals surface area contributed by atoms with E-state index < -0.39 is 5.82 Å². The number of anilines is 2. The minimum Gasteiger partial charge on any atom is -0.325 e. The van der Waals surface area contributed by atoms with Crippen molar-refractivity contribution in [2.24, 2.45) is 0 Å². The van der Waals surface area contributed by atoms with Gasteiger partial charge in [0.1, 0.15) is 11.6 Å². The van der Waals surface area contributed by atoms with Gasteiger partial charge in [-0.05, 0) is 55.7 Å². The molecule has 8 heteroatoms. The molecule has 0 aromatic heterocycles. The first-order valence-electron chi connectivity index (χ1n) is 10.6. The topological polar surface area (TPSA) is 64.7 Å². The smallest absolute Gasteiger partial charge is 0.238 e. The SMILES string of the molecule is O=C(CN1CC[C@@H](N(CC(=O)Nc2cccc(F)c2)C2CC2)C1)Nc1cccc(F)c1. The van der Waals surface area contributed by atoms with Crippen LogP contribution in [-0.2, 0) is 9.59 Å². The van der Waals surface area contributed by atoms with Crippen LogP contribution in [0.25, 0.3) is 0 Å². The maximum Gasteiger partial charge on any atom is 0.238 e. The molecule has 2 amide bonds. The van der Waals surface area contributed by atoms with E-state index in [1.807, 2.05) is 0 Å². The highest BCUT2D eigenvalue weighted by Gasteiger charge is 2.38. The first-order chi connectivity index (χ1) is 15.0.